The summed E-state index contributed by atoms with van der Waals surface area (Å²) in [7, 11) is 0. The van der Waals surface area contributed by atoms with Gasteiger partial charge < -0.3 is 5.32 Å². The van der Waals surface area contributed by atoms with Crippen molar-refractivity contribution in [2.24, 2.45) is 0 Å². The lowest BCUT2D eigenvalue weighted by molar-refractivity contribution is 0.0882. The smallest absolute Gasteiger partial charge is 0.252 e. The van der Waals surface area contributed by atoms with Crippen LogP contribution in [-0.4, -0.2) is 17.3 Å². The molecule has 0 saturated heterocycles. The summed E-state index contributed by atoms with van der Waals surface area (Å²) in [5.41, 5.74) is 1.60. The molecule has 2 rings (SSSR count). The van der Waals surface area contributed by atoms with Crippen LogP contribution < -0.4 is 5.32 Å². The van der Waals surface area contributed by atoms with E-state index in [9.17, 15) is 4.79 Å². The minimum atomic E-state index is -0.220. The van der Waals surface area contributed by atoms with Gasteiger partial charge in [-0.1, -0.05) is 58.2 Å². The highest BCUT2D eigenvalue weighted by Gasteiger charge is 2.34. The fraction of sp³-hybridized carbons (Fsp3) is 0.611. The van der Waals surface area contributed by atoms with Gasteiger partial charge in [0, 0.05) is 11.4 Å². The van der Waals surface area contributed by atoms with E-state index in [0.717, 1.165) is 36.8 Å². The number of hydrogen-bond donors (Lipinski definition) is 1. The van der Waals surface area contributed by atoms with Gasteiger partial charge in [0.2, 0.25) is 0 Å². The van der Waals surface area contributed by atoms with Gasteiger partial charge in [0.25, 0.3) is 5.91 Å². The molecule has 0 aromatic heterocycles. The molecule has 0 atom stereocenters. The van der Waals surface area contributed by atoms with Gasteiger partial charge in [-0.05, 0) is 29.9 Å². The largest absolute Gasteiger partial charge is 0.345 e. The molecule has 0 unspecified atom stereocenters. The summed E-state index contributed by atoms with van der Waals surface area (Å²) in [5.74, 6) is 0.513. The Bertz CT molecular complexity index is 498. The summed E-state index contributed by atoms with van der Waals surface area (Å²) in [6, 6.07) is 7.89. The quantitative estimate of drug-likeness (QED) is 0.809. The Morgan fingerprint density at radius 3 is 2.38 bits per heavy atom. The van der Waals surface area contributed by atoms with E-state index < -0.39 is 0 Å². The average Bonchev–Trinajstić information content (AvgIpc) is 2.47. The molecule has 1 fully saturated rings. The fourth-order valence-electron chi connectivity index (χ4n) is 3.16. The molecule has 1 aliphatic rings. The number of nitrogens with one attached hydrogen (secondary N) is 1. The second-order valence-electron chi connectivity index (χ2n) is 7.22. The highest BCUT2D eigenvalue weighted by Crippen LogP contribution is 2.31. The van der Waals surface area contributed by atoms with Gasteiger partial charge in [-0.25, -0.2) is 0 Å². The number of alkyl halides is 1. The normalized spacial score (nSPS) is 18.3. The third-order valence-electron chi connectivity index (χ3n) is 4.42. The minimum Gasteiger partial charge on any atom is -0.345 e. The van der Waals surface area contributed by atoms with Crippen molar-refractivity contribution in [3.05, 3.63) is 35.4 Å². The molecule has 1 saturated carbocycles. The average molecular weight is 308 g/mol. The van der Waals surface area contributed by atoms with Crippen molar-refractivity contribution in [2.45, 2.75) is 63.8 Å². The Kier molecular flexibility index (Phi) is 4.98. The summed E-state index contributed by atoms with van der Waals surface area (Å²) in [5, 5.41) is 3.24. The van der Waals surface area contributed by atoms with Crippen LogP contribution in [0.2, 0.25) is 0 Å². The number of amides is 1. The maximum Gasteiger partial charge on any atom is 0.252 e. The van der Waals surface area contributed by atoms with E-state index >= 15 is 0 Å². The van der Waals surface area contributed by atoms with Gasteiger partial charge in [0.15, 0.2) is 0 Å². The lowest BCUT2D eigenvalue weighted by Crippen LogP contribution is -2.51. The molecule has 116 valence electrons. The predicted molar refractivity (Wildman–Crippen MR) is 89.1 cm³/mol. The first-order valence-corrected chi connectivity index (χ1v) is 8.39. The molecule has 0 aliphatic heterocycles. The van der Waals surface area contributed by atoms with Crippen molar-refractivity contribution in [1.29, 1.82) is 0 Å². The van der Waals surface area contributed by atoms with Gasteiger partial charge in [-0.15, -0.1) is 11.6 Å². The van der Waals surface area contributed by atoms with Crippen LogP contribution in [0, 0.1) is 0 Å². The van der Waals surface area contributed by atoms with Crippen LogP contribution in [0.3, 0.4) is 0 Å². The number of carbonyl (C=O) groups is 1. The van der Waals surface area contributed by atoms with Crippen LogP contribution in [-0.2, 0) is 5.41 Å². The van der Waals surface area contributed by atoms with E-state index in [1.807, 2.05) is 24.3 Å². The van der Waals surface area contributed by atoms with Crippen molar-refractivity contribution in [3.8, 4) is 0 Å². The zero-order valence-corrected chi connectivity index (χ0v) is 14.1. The molecule has 0 heterocycles. The third-order valence-corrected chi connectivity index (χ3v) is 4.94. The molecule has 21 heavy (non-hydrogen) atoms. The summed E-state index contributed by atoms with van der Waals surface area (Å²) in [6.45, 7) is 6.41. The van der Waals surface area contributed by atoms with Gasteiger partial charge >= 0.3 is 0 Å². The minimum absolute atomic E-state index is 0.0167. The lowest BCUT2D eigenvalue weighted by atomic mass is 9.81. The summed E-state index contributed by atoms with van der Waals surface area (Å²) in [4.78, 5) is 12.8. The molecule has 0 bridgehead atoms. The SMILES string of the molecule is CC(C)(C)c1ccccc1C(=O)NC1(CCl)CCCCC1. The van der Waals surface area contributed by atoms with Crippen LogP contribution >= 0.6 is 11.6 Å². The maximum absolute atomic E-state index is 12.8. The van der Waals surface area contributed by atoms with Crippen molar-refractivity contribution >= 4 is 17.5 Å². The Balaban J connectivity index is 2.24. The van der Waals surface area contributed by atoms with E-state index in [0.29, 0.717) is 5.88 Å². The van der Waals surface area contributed by atoms with Gasteiger partial charge in [0.1, 0.15) is 0 Å². The molecule has 1 N–H and O–H groups in total. The van der Waals surface area contributed by atoms with Crippen LogP contribution in [0.1, 0.15) is 68.8 Å². The Hall–Kier alpha value is -1.02. The highest BCUT2D eigenvalue weighted by molar-refractivity contribution is 6.19. The topological polar surface area (TPSA) is 29.1 Å². The third kappa shape index (κ3) is 3.79. The molecule has 2 nitrogen and oxygen atoms in total. The van der Waals surface area contributed by atoms with Crippen LogP contribution in [0.25, 0.3) is 0 Å². The molecule has 1 aromatic carbocycles. The van der Waals surface area contributed by atoms with Crippen molar-refractivity contribution < 1.29 is 4.79 Å². The molecular weight excluding hydrogens is 282 g/mol. The number of hydrogen-bond acceptors (Lipinski definition) is 1. The molecule has 1 aliphatic carbocycles. The van der Waals surface area contributed by atoms with Gasteiger partial charge in [0.05, 0.1) is 5.54 Å². The van der Waals surface area contributed by atoms with Crippen molar-refractivity contribution in [2.75, 3.05) is 5.88 Å². The molecule has 0 spiro atoms. The molecule has 1 amide bonds. The summed E-state index contributed by atoms with van der Waals surface area (Å²) >= 11 is 6.18. The van der Waals surface area contributed by atoms with Crippen LogP contribution in [0.15, 0.2) is 24.3 Å². The second kappa shape index (κ2) is 6.39. The Labute approximate surface area is 133 Å². The van der Waals surface area contributed by atoms with Crippen LogP contribution in [0.5, 0.6) is 0 Å². The van der Waals surface area contributed by atoms with Crippen molar-refractivity contribution in [1.82, 2.24) is 5.32 Å². The van der Waals surface area contributed by atoms with E-state index in [1.165, 1.54) is 6.42 Å². The van der Waals surface area contributed by atoms with E-state index in [4.69, 9.17) is 11.6 Å². The summed E-state index contributed by atoms with van der Waals surface area (Å²) in [6.07, 6.45) is 5.51. The predicted octanol–water partition coefficient (Wildman–Crippen LogP) is 4.66. The Morgan fingerprint density at radius 1 is 1.19 bits per heavy atom. The van der Waals surface area contributed by atoms with Crippen LogP contribution in [0.4, 0.5) is 0 Å². The highest BCUT2D eigenvalue weighted by atomic mass is 35.5. The lowest BCUT2D eigenvalue weighted by Gasteiger charge is -2.37. The van der Waals surface area contributed by atoms with E-state index in [2.05, 4.69) is 26.1 Å². The van der Waals surface area contributed by atoms with Crippen molar-refractivity contribution in [3.63, 3.8) is 0 Å². The maximum atomic E-state index is 12.8. The first kappa shape index (κ1) is 16.4. The second-order valence-corrected chi connectivity index (χ2v) is 7.49. The number of benzene rings is 1. The molecule has 3 heteroatoms. The van der Waals surface area contributed by atoms with E-state index in [-0.39, 0.29) is 16.9 Å². The summed E-state index contributed by atoms with van der Waals surface area (Å²) < 4.78 is 0. The molecular formula is C18H26ClNO. The first-order chi connectivity index (χ1) is 9.88. The molecule has 1 aromatic rings. The van der Waals surface area contributed by atoms with Gasteiger partial charge in [-0.2, -0.15) is 0 Å². The zero-order chi connectivity index (χ0) is 15.5. The number of rotatable bonds is 3. The number of carbonyl (C=O) groups excluding carboxylic acids is 1. The van der Waals surface area contributed by atoms with Gasteiger partial charge in [-0.3, -0.25) is 4.79 Å². The zero-order valence-electron chi connectivity index (χ0n) is 13.3. The first-order valence-electron chi connectivity index (χ1n) is 7.86. The fourth-order valence-corrected chi connectivity index (χ4v) is 3.50. The standard InChI is InChI=1S/C18H26ClNO/c1-17(2,3)15-10-6-5-9-14(15)16(21)20-18(13-19)11-7-4-8-12-18/h5-6,9-10H,4,7-8,11-13H2,1-3H3,(H,20,21). The monoisotopic (exact) mass is 307 g/mol. The molecule has 0 radical (unpaired) electrons. The number of halogens is 1. The van der Waals surface area contributed by atoms with E-state index in [1.54, 1.807) is 0 Å². The Morgan fingerprint density at radius 2 is 1.81 bits per heavy atom.